The van der Waals surface area contributed by atoms with Gasteiger partial charge in [-0.2, -0.15) is 0 Å². The molecule has 0 unspecified atom stereocenters. The summed E-state index contributed by atoms with van der Waals surface area (Å²) in [6.07, 6.45) is -0.390. The standard InChI is InChI=1S/C8H14O5/c1-7(2)12-6(3-9)8(4-10,5-11)13-7/h3,6,10-11H,4-5H2,1-2H3/t6-/m0/s1. The van der Waals surface area contributed by atoms with Gasteiger partial charge in [-0.05, 0) is 13.8 Å². The summed E-state index contributed by atoms with van der Waals surface area (Å²) in [6.45, 7) is 2.35. The van der Waals surface area contributed by atoms with Gasteiger partial charge in [0.1, 0.15) is 6.10 Å². The van der Waals surface area contributed by atoms with E-state index in [0.29, 0.717) is 6.29 Å². The van der Waals surface area contributed by atoms with Crippen molar-refractivity contribution in [3.63, 3.8) is 0 Å². The molecule has 0 saturated carbocycles. The van der Waals surface area contributed by atoms with Crippen molar-refractivity contribution in [2.45, 2.75) is 31.3 Å². The van der Waals surface area contributed by atoms with E-state index in [1.54, 1.807) is 13.8 Å². The Morgan fingerprint density at radius 2 is 1.92 bits per heavy atom. The summed E-state index contributed by atoms with van der Waals surface area (Å²) in [4.78, 5) is 10.6. The van der Waals surface area contributed by atoms with Gasteiger partial charge < -0.3 is 24.5 Å². The number of carbonyl (C=O) groups excluding carboxylic acids is 1. The van der Waals surface area contributed by atoms with Crippen LogP contribution in [0.1, 0.15) is 13.8 Å². The van der Waals surface area contributed by atoms with Gasteiger partial charge in [0, 0.05) is 0 Å². The zero-order chi connectivity index (χ0) is 10.1. The molecular weight excluding hydrogens is 176 g/mol. The van der Waals surface area contributed by atoms with E-state index in [1.165, 1.54) is 0 Å². The van der Waals surface area contributed by atoms with Gasteiger partial charge >= 0.3 is 0 Å². The van der Waals surface area contributed by atoms with Crippen LogP contribution in [0.15, 0.2) is 0 Å². The minimum atomic E-state index is -1.30. The zero-order valence-electron chi connectivity index (χ0n) is 7.69. The van der Waals surface area contributed by atoms with Crippen LogP contribution < -0.4 is 0 Å². The van der Waals surface area contributed by atoms with Gasteiger partial charge in [0.05, 0.1) is 13.2 Å². The summed E-state index contributed by atoms with van der Waals surface area (Å²) >= 11 is 0. The van der Waals surface area contributed by atoms with Gasteiger partial charge in [0.25, 0.3) is 0 Å². The van der Waals surface area contributed by atoms with E-state index in [-0.39, 0.29) is 0 Å². The second-order valence-corrected chi connectivity index (χ2v) is 3.56. The summed E-state index contributed by atoms with van der Waals surface area (Å²) in [5, 5.41) is 18.1. The molecular formula is C8H14O5. The van der Waals surface area contributed by atoms with Gasteiger partial charge in [-0.1, -0.05) is 0 Å². The summed E-state index contributed by atoms with van der Waals surface area (Å²) in [5.41, 5.74) is -1.30. The van der Waals surface area contributed by atoms with Crippen molar-refractivity contribution in [1.29, 1.82) is 0 Å². The van der Waals surface area contributed by atoms with E-state index < -0.39 is 30.7 Å². The fourth-order valence-corrected chi connectivity index (χ4v) is 1.43. The molecule has 1 heterocycles. The molecule has 1 rings (SSSR count). The zero-order valence-corrected chi connectivity index (χ0v) is 7.69. The van der Waals surface area contributed by atoms with Gasteiger partial charge in [0.15, 0.2) is 17.7 Å². The maximum atomic E-state index is 10.6. The third kappa shape index (κ3) is 1.73. The molecule has 0 aromatic rings. The average molecular weight is 190 g/mol. The molecule has 5 nitrogen and oxygen atoms in total. The Morgan fingerprint density at radius 1 is 1.38 bits per heavy atom. The van der Waals surface area contributed by atoms with Crippen molar-refractivity contribution < 1.29 is 24.5 Å². The highest BCUT2D eigenvalue weighted by molar-refractivity contribution is 5.59. The van der Waals surface area contributed by atoms with Gasteiger partial charge in [-0.25, -0.2) is 0 Å². The molecule has 5 heteroatoms. The van der Waals surface area contributed by atoms with Gasteiger partial charge in [0.2, 0.25) is 0 Å². The van der Waals surface area contributed by atoms with E-state index in [0.717, 1.165) is 0 Å². The Kier molecular flexibility index (Phi) is 2.72. The maximum absolute atomic E-state index is 10.6. The van der Waals surface area contributed by atoms with Crippen LogP contribution in [0.4, 0.5) is 0 Å². The quantitative estimate of drug-likeness (QED) is 0.562. The van der Waals surface area contributed by atoms with Crippen molar-refractivity contribution >= 4 is 6.29 Å². The first kappa shape index (κ1) is 10.6. The lowest BCUT2D eigenvalue weighted by Crippen LogP contribution is -2.48. The van der Waals surface area contributed by atoms with Crippen LogP contribution in [0.3, 0.4) is 0 Å². The van der Waals surface area contributed by atoms with Gasteiger partial charge in [-0.3, -0.25) is 0 Å². The number of hydrogen-bond acceptors (Lipinski definition) is 5. The molecule has 1 saturated heterocycles. The molecule has 76 valence electrons. The molecule has 1 aliphatic heterocycles. The predicted octanol–water partition coefficient (Wildman–Crippen LogP) is -0.940. The highest BCUT2D eigenvalue weighted by Crippen LogP contribution is 2.34. The molecule has 2 N–H and O–H groups in total. The van der Waals surface area contributed by atoms with Crippen molar-refractivity contribution in [1.82, 2.24) is 0 Å². The molecule has 0 aromatic heterocycles. The number of ether oxygens (including phenoxy) is 2. The second-order valence-electron chi connectivity index (χ2n) is 3.56. The number of aliphatic hydroxyl groups is 2. The third-order valence-corrected chi connectivity index (χ3v) is 2.04. The first-order valence-corrected chi connectivity index (χ1v) is 4.05. The minimum absolute atomic E-state index is 0.448. The third-order valence-electron chi connectivity index (χ3n) is 2.04. The molecule has 0 spiro atoms. The lowest BCUT2D eigenvalue weighted by atomic mass is 10.0. The monoisotopic (exact) mass is 190 g/mol. The van der Waals surface area contributed by atoms with Crippen molar-refractivity contribution in [3.05, 3.63) is 0 Å². The molecule has 1 aliphatic rings. The Bertz CT molecular complexity index is 197. The lowest BCUT2D eigenvalue weighted by Gasteiger charge is -2.26. The highest BCUT2D eigenvalue weighted by Gasteiger charge is 2.52. The Balaban J connectivity index is 2.89. The average Bonchev–Trinajstić information content (AvgIpc) is 2.37. The van der Waals surface area contributed by atoms with Crippen molar-refractivity contribution in [2.24, 2.45) is 0 Å². The topological polar surface area (TPSA) is 76.0 Å². The lowest BCUT2D eigenvalue weighted by molar-refractivity contribution is -0.178. The Hall–Kier alpha value is -0.490. The number of aliphatic hydroxyl groups excluding tert-OH is 2. The maximum Gasteiger partial charge on any atom is 0.165 e. The molecule has 1 fully saturated rings. The molecule has 1 atom stereocenters. The van der Waals surface area contributed by atoms with Crippen LogP contribution in [0.2, 0.25) is 0 Å². The number of carbonyl (C=O) groups is 1. The smallest absolute Gasteiger partial charge is 0.165 e. The first-order chi connectivity index (χ1) is 5.99. The predicted molar refractivity (Wildman–Crippen MR) is 43.0 cm³/mol. The van der Waals surface area contributed by atoms with Crippen LogP contribution >= 0.6 is 0 Å². The summed E-state index contributed by atoms with van der Waals surface area (Å²) in [5.74, 6) is -0.947. The van der Waals surface area contributed by atoms with Gasteiger partial charge in [-0.15, -0.1) is 0 Å². The Morgan fingerprint density at radius 3 is 2.23 bits per heavy atom. The number of hydrogen-bond donors (Lipinski definition) is 2. The molecule has 0 aliphatic carbocycles. The molecule has 0 amide bonds. The van der Waals surface area contributed by atoms with E-state index in [9.17, 15) is 4.79 Å². The molecule has 13 heavy (non-hydrogen) atoms. The van der Waals surface area contributed by atoms with E-state index in [2.05, 4.69) is 0 Å². The number of rotatable bonds is 3. The molecule has 0 bridgehead atoms. The van der Waals surface area contributed by atoms with Crippen LogP contribution in [0, 0.1) is 0 Å². The van der Waals surface area contributed by atoms with Crippen LogP contribution in [0.5, 0.6) is 0 Å². The normalized spacial score (nSPS) is 30.3. The van der Waals surface area contributed by atoms with Crippen molar-refractivity contribution in [3.8, 4) is 0 Å². The van der Waals surface area contributed by atoms with Crippen LogP contribution in [-0.4, -0.2) is 47.2 Å². The fraction of sp³-hybridized carbons (Fsp3) is 0.875. The summed E-state index contributed by atoms with van der Waals surface area (Å²) < 4.78 is 10.5. The van der Waals surface area contributed by atoms with Crippen LogP contribution in [-0.2, 0) is 14.3 Å². The SMILES string of the molecule is CC1(C)O[C@@H](C=O)C(CO)(CO)O1. The molecule has 0 aromatic carbocycles. The Labute approximate surface area is 76.3 Å². The number of aldehydes is 1. The highest BCUT2D eigenvalue weighted by atomic mass is 16.8. The fourth-order valence-electron chi connectivity index (χ4n) is 1.43. The van der Waals surface area contributed by atoms with E-state index in [4.69, 9.17) is 19.7 Å². The van der Waals surface area contributed by atoms with Crippen molar-refractivity contribution in [2.75, 3.05) is 13.2 Å². The van der Waals surface area contributed by atoms with E-state index >= 15 is 0 Å². The van der Waals surface area contributed by atoms with Crippen LogP contribution in [0.25, 0.3) is 0 Å². The minimum Gasteiger partial charge on any atom is -0.393 e. The summed E-state index contributed by atoms with van der Waals surface area (Å²) in [7, 11) is 0. The first-order valence-electron chi connectivity index (χ1n) is 4.05. The van der Waals surface area contributed by atoms with E-state index in [1.807, 2.05) is 0 Å². The summed E-state index contributed by atoms with van der Waals surface area (Å²) in [6, 6.07) is 0. The second kappa shape index (κ2) is 3.34. The molecule has 0 radical (unpaired) electrons. The largest absolute Gasteiger partial charge is 0.393 e.